The lowest BCUT2D eigenvalue weighted by atomic mass is 9.91. The van der Waals surface area contributed by atoms with Crippen LogP contribution in [0.1, 0.15) is 32.8 Å². The third-order valence-electron chi connectivity index (χ3n) is 3.48. The molecule has 0 bridgehead atoms. The second-order valence-corrected chi connectivity index (χ2v) is 5.27. The molecule has 4 heteroatoms. The Hall–Kier alpha value is -1.32. The number of nitrogens with zero attached hydrogens (tertiary/aromatic N) is 3. The molecule has 1 aromatic rings. The van der Waals surface area contributed by atoms with Gasteiger partial charge >= 0.3 is 0 Å². The van der Waals surface area contributed by atoms with Gasteiger partial charge in [0.15, 0.2) is 0 Å². The van der Waals surface area contributed by atoms with Crippen molar-refractivity contribution >= 4 is 11.6 Å². The maximum absolute atomic E-state index is 5.93. The Morgan fingerprint density at radius 2 is 1.94 bits per heavy atom. The van der Waals surface area contributed by atoms with Crippen LogP contribution in [0.2, 0.25) is 0 Å². The van der Waals surface area contributed by atoms with Gasteiger partial charge in [-0.15, -0.1) is 0 Å². The van der Waals surface area contributed by atoms with Gasteiger partial charge < -0.3 is 10.6 Å². The molecule has 0 spiro atoms. The zero-order valence-corrected chi connectivity index (χ0v) is 11.0. The van der Waals surface area contributed by atoms with Crippen molar-refractivity contribution in [2.75, 3.05) is 23.7 Å². The zero-order chi connectivity index (χ0) is 12.4. The Labute approximate surface area is 103 Å². The number of anilines is 2. The molecule has 2 unspecified atom stereocenters. The topological polar surface area (TPSA) is 55.0 Å². The first-order valence-electron chi connectivity index (χ1n) is 6.46. The molecular weight excluding hydrogens is 212 g/mol. The largest absolute Gasteiger partial charge is 0.383 e. The summed E-state index contributed by atoms with van der Waals surface area (Å²) in [6.07, 6.45) is 3.77. The van der Waals surface area contributed by atoms with E-state index in [4.69, 9.17) is 5.73 Å². The van der Waals surface area contributed by atoms with Gasteiger partial charge in [0.1, 0.15) is 18.0 Å². The standard InChI is InChI=1S/C13H22N4/c1-4-11-12(14)15-8-16-13(11)17-6-9(2)5-10(3)7-17/h8-10H,4-7H2,1-3H3,(H2,14,15,16). The van der Waals surface area contributed by atoms with Crippen LogP contribution in [0.4, 0.5) is 11.6 Å². The molecule has 2 N–H and O–H groups in total. The molecule has 94 valence electrons. The first-order chi connectivity index (χ1) is 8.11. The van der Waals surface area contributed by atoms with E-state index in [0.29, 0.717) is 5.82 Å². The van der Waals surface area contributed by atoms with Crippen LogP contribution >= 0.6 is 0 Å². The summed E-state index contributed by atoms with van der Waals surface area (Å²) in [5.41, 5.74) is 7.02. The molecule has 4 nitrogen and oxygen atoms in total. The monoisotopic (exact) mass is 234 g/mol. The number of piperidine rings is 1. The van der Waals surface area contributed by atoms with Crippen molar-refractivity contribution in [1.29, 1.82) is 0 Å². The van der Waals surface area contributed by atoms with E-state index in [-0.39, 0.29) is 0 Å². The predicted octanol–water partition coefficient (Wildman–Crippen LogP) is 2.10. The Morgan fingerprint density at radius 1 is 1.29 bits per heavy atom. The Bertz CT molecular complexity index is 381. The van der Waals surface area contributed by atoms with E-state index in [2.05, 4.69) is 35.6 Å². The van der Waals surface area contributed by atoms with Crippen LogP contribution in [0.25, 0.3) is 0 Å². The molecule has 0 radical (unpaired) electrons. The maximum Gasteiger partial charge on any atom is 0.137 e. The molecule has 0 amide bonds. The highest BCUT2D eigenvalue weighted by Gasteiger charge is 2.24. The van der Waals surface area contributed by atoms with Crippen LogP contribution in [-0.2, 0) is 6.42 Å². The van der Waals surface area contributed by atoms with Gasteiger partial charge in [0.25, 0.3) is 0 Å². The van der Waals surface area contributed by atoms with Crippen molar-refractivity contribution in [2.24, 2.45) is 11.8 Å². The van der Waals surface area contributed by atoms with Gasteiger partial charge in [0, 0.05) is 18.7 Å². The Morgan fingerprint density at radius 3 is 2.53 bits per heavy atom. The van der Waals surface area contributed by atoms with E-state index in [1.54, 1.807) is 6.33 Å². The summed E-state index contributed by atoms with van der Waals surface area (Å²) in [4.78, 5) is 10.9. The minimum absolute atomic E-state index is 0.628. The molecule has 1 aliphatic rings. The summed E-state index contributed by atoms with van der Waals surface area (Å²) in [5.74, 6) is 3.11. The van der Waals surface area contributed by atoms with Gasteiger partial charge in [-0.25, -0.2) is 9.97 Å². The van der Waals surface area contributed by atoms with Crippen molar-refractivity contribution in [2.45, 2.75) is 33.6 Å². The predicted molar refractivity (Wildman–Crippen MR) is 71.0 cm³/mol. The fourth-order valence-electron chi connectivity index (χ4n) is 2.86. The molecule has 0 saturated carbocycles. The zero-order valence-electron chi connectivity index (χ0n) is 11.0. The lowest BCUT2D eigenvalue weighted by Gasteiger charge is -2.36. The van der Waals surface area contributed by atoms with E-state index >= 15 is 0 Å². The Kier molecular flexibility index (Phi) is 3.50. The van der Waals surface area contributed by atoms with E-state index in [1.807, 2.05) is 0 Å². The molecular formula is C13H22N4. The highest BCUT2D eigenvalue weighted by molar-refractivity contribution is 5.56. The molecule has 2 rings (SSSR count). The number of nitrogens with two attached hydrogens (primary N) is 1. The minimum Gasteiger partial charge on any atom is -0.383 e. The maximum atomic E-state index is 5.93. The van der Waals surface area contributed by atoms with Crippen molar-refractivity contribution < 1.29 is 0 Å². The van der Waals surface area contributed by atoms with Gasteiger partial charge in [0.05, 0.1) is 0 Å². The van der Waals surface area contributed by atoms with Gasteiger partial charge in [-0.1, -0.05) is 20.8 Å². The lowest BCUT2D eigenvalue weighted by molar-refractivity contribution is 0.355. The van der Waals surface area contributed by atoms with Crippen molar-refractivity contribution in [3.63, 3.8) is 0 Å². The number of hydrogen-bond donors (Lipinski definition) is 1. The summed E-state index contributed by atoms with van der Waals surface area (Å²) in [6, 6.07) is 0. The fourth-order valence-corrected chi connectivity index (χ4v) is 2.86. The fraction of sp³-hybridized carbons (Fsp3) is 0.692. The van der Waals surface area contributed by atoms with Crippen LogP contribution in [0.3, 0.4) is 0 Å². The normalized spacial score (nSPS) is 25.0. The van der Waals surface area contributed by atoms with Gasteiger partial charge in [-0.2, -0.15) is 0 Å². The minimum atomic E-state index is 0.628. The third-order valence-corrected chi connectivity index (χ3v) is 3.48. The number of nitrogen functional groups attached to an aromatic ring is 1. The summed E-state index contributed by atoms with van der Waals surface area (Å²) in [5, 5.41) is 0. The van der Waals surface area contributed by atoms with Crippen molar-refractivity contribution in [1.82, 2.24) is 9.97 Å². The van der Waals surface area contributed by atoms with E-state index in [1.165, 1.54) is 6.42 Å². The van der Waals surface area contributed by atoms with E-state index in [9.17, 15) is 0 Å². The molecule has 1 aliphatic heterocycles. The highest BCUT2D eigenvalue weighted by atomic mass is 15.2. The summed E-state index contributed by atoms with van der Waals surface area (Å²) < 4.78 is 0. The quantitative estimate of drug-likeness (QED) is 0.851. The molecule has 0 aliphatic carbocycles. The number of rotatable bonds is 2. The summed E-state index contributed by atoms with van der Waals surface area (Å²) in [6.45, 7) is 8.87. The molecule has 2 heterocycles. The van der Waals surface area contributed by atoms with Crippen LogP contribution in [0.15, 0.2) is 6.33 Å². The summed E-state index contributed by atoms with van der Waals surface area (Å²) >= 11 is 0. The van der Waals surface area contributed by atoms with Gasteiger partial charge in [-0.05, 0) is 24.7 Å². The highest BCUT2D eigenvalue weighted by Crippen LogP contribution is 2.28. The molecule has 2 atom stereocenters. The van der Waals surface area contributed by atoms with Crippen molar-refractivity contribution in [3.8, 4) is 0 Å². The van der Waals surface area contributed by atoms with Crippen LogP contribution in [0.5, 0.6) is 0 Å². The van der Waals surface area contributed by atoms with E-state index in [0.717, 1.165) is 42.7 Å². The van der Waals surface area contributed by atoms with Gasteiger partial charge in [-0.3, -0.25) is 0 Å². The molecule has 17 heavy (non-hydrogen) atoms. The molecule has 1 fully saturated rings. The van der Waals surface area contributed by atoms with Gasteiger partial charge in [0.2, 0.25) is 0 Å². The first-order valence-corrected chi connectivity index (χ1v) is 6.46. The lowest BCUT2D eigenvalue weighted by Crippen LogP contribution is -2.39. The third kappa shape index (κ3) is 2.51. The second kappa shape index (κ2) is 4.90. The molecule has 1 saturated heterocycles. The average Bonchev–Trinajstić information content (AvgIpc) is 2.27. The Balaban J connectivity index is 2.30. The SMILES string of the molecule is CCc1c(N)ncnc1N1CC(C)CC(C)C1. The average molecular weight is 234 g/mol. The summed E-state index contributed by atoms with van der Waals surface area (Å²) in [7, 11) is 0. The molecule has 1 aromatic heterocycles. The second-order valence-electron chi connectivity index (χ2n) is 5.27. The van der Waals surface area contributed by atoms with Crippen LogP contribution in [-0.4, -0.2) is 23.1 Å². The number of hydrogen-bond acceptors (Lipinski definition) is 4. The van der Waals surface area contributed by atoms with Crippen LogP contribution in [0, 0.1) is 11.8 Å². The van der Waals surface area contributed by atoms with Crippen molar-refractivity contribution in [3.05, 3.63) is 11.9 Å². The van der Waals surface area contributed by atoms with E-state index < -0.39 is 0 Å². The smallest absolute Gasteiger partial charge is 0.137 e. The molecule has 0 aromatic carbocycles. The number of aromatic nitrogens is 2. The van der Waals surface area contributed by atoms with Crippen LogP contribution < -0.4 is 10.6 Å². The first kappa shape index (κ1) is 12.1.